The number of nitrogens with one attached hydrogen (secondary N) is 1. The Bertz CT molecular complexity index is 810. The molecule has 27 heavy (non-hydrogen) atoms. The summed E-state index contributed by atoms with van der Waals surface area (Å²) in [5.74, 6) is -0.0630. The van der Waals surface area contributed by atoms with Gasteiger partial charge in [0.25, 0.3) is 5.91 Å². The molecule has 0 atom stereocenters. The Kier molecular flexibility index (Phi) is 5.25. The van der Waals surface area contributed by atoms with Gasteiger partial charge >= 0.3 is 6.03 Å². The summed E-state index contributed by atoms with van der Waals surface area (Å²) in [7, 11) is 0. The van der Waals surface area contributed by atoms with Crippen LogP contribution in [0.3, 0.4) is 0 Å². The van der Waals surface area contributed by atoms with Crippen LogP contribution in [-0.2, 0) is 17.8 Å². The van der Waals surface area contributed by atoms with Crippen LogP contribution < -0.4 is 5.32 Å². The van der Waals surface area contributed by atoms with Crippen LogP contribution in [-0.4, -0.2) is 27.4 Å². The quantitative estimate of drug-likeness (QED) is 0.802. The maximum atomic E-state index is 13.1. The van der Waals surface area contributed by atoms with Crippen LogP contribution >= 0.6 is 11.3 Å². The molecular formula is C21H25N3O2S. The van der Waals surface area contributed by atoms with Crippen molar-refractivity contribution in [1.82, 2.24) is 15.2 Å². The summed E-state index contributed by atoms with van der Waals surface area (Å²) in [6.07, 6.45) is 7.78. The second-order valence-electron chi connectivity index (χ2n) is 7.57. The van der Waals surface area contributed by atoms with E-state index in [0.29, 0.717) is 0 Å². The average Bonchev–Trinajstić information content (AvgIpc) is 3.18. The molecule has 1 saturated carbocycles. The molecule has 1 spiro atoms. The number of carbonyl (C=O) groups excluding carboxylic acids is 2. The summed E-state index contributed by atoms with van der Waals surface area (Å²) < 4.78 is 0. The van der Waals surface area contributed by atoms with Gasteiger partial charge in [0.2, 0.25) is 0 Å². The second-order valence-corrected chi connectivity index (χ2v) is 8.51. The van der Waals surface area contributed by atoms with Crippen LogP contribution in [0.25, 0.3) is 0 Å². The molecule has 2 aromatic rings. The summed E-state index contributed by atoms with van der Waals surface area (Å²) in [5.41, 5.74) is 1.32. The first-order valence-electron chi connectivity index (χ1n) is 9.78. The largest absolute Gasteiger partial charge is 0.325 e. The van der Waals surface area contributed by atoms with Gasteiger partial charge in [0.05, 0.1) is 17.2 Å². The number of urea groups is 1. The highest BCUT2D eigenvalue weighted by Crippen LogP contribution is 2.32. The monoisotopic (exact) mass is 383 g/mol. The minimum atomic E-state index is -0.680. The Hall–Kier alpha value is -2.21. The van der Waals surface area contributed by atoms with E-state index in [4.69, 9.17) is 0 Å². The van der Waals surface area contributed by atoms with Gasteiger partial charge in [-0.3, -0.25) is 9.69 Å². The number of rotatable bonds is 4. The smallest absolute Gasteiger partial charge is 0.323 e. The lowest BCUT2D eigenvalue weighted by Crippen LogP contribution is -2.47. The number of hydrogen-bond acceptors (Lipinski definition) is 4. The topological polar surface area (TPSA) is 62.3 Å². The van der Waals surface area contributed by atoms with E-state index >= 15 is 0 Å². The third-order valence-corrected chi connectivity index (χ3v) is 6.47. The van der Waals surface area contributed by atoms with Crippen molar-refractivity contribution in [1.29, 1.82) is 0 Å². The molecule has 5 nitrogen and oxygen atoms in total. The molecule has 1 aromatic carbocycles. The van der Waals surface area contributed by atoms with E-state index in [1.54, 1.807) is 11.3 Å². The minimum absolute atomic E-state index is 0.0630. The summed E-state index contributed by atoms with van der Waals surface area (Å²) in [4.78, 5) is 31.6. The normalized spacial score (nSPS) is 19.8. The Morgan fingerprint density at radius 2 is 1.74 bits per heavy atom. The van der Waals surface area contributed by atoms with Gasteiger partial charge < -0.3 is 5.32 Å². The lowest BCUT2D eigenvalue weighted by molar-refractivity contribution is -0.132. The molecule has 142 valence electrons. The fraction of sp³-hybridized carbons (Fsp3) is 0.476. The van der Waals surface area contributed by atoms with Crippen LogP contribution in [0.2, 0.25) is 0 Å². The SMILES string of the molecule is O=C1NC2(CCCCCCC2)C(=O)N1Cc1csc(Cc2ccccc2)n1. The van der Waals surface area contributed by atoms with Gasteiger partial charge in [0.1, 0.15) is 5.54 Å². The first-order valence-corrected chi connectivity index (χ1v) is 10.7. The molecule has 0 bridgehead atoms. The number of carbonyl (C=O) groups is 2. The average molecular weight is 384 g/mol. The standard InChI is InChI=1S/C21H25N3O2S/c25-19-21(11-7-2-1-3-8-12-21)23-20(26)24(19)14-17-15-27-18(22-17)13-16-9-5-4-6-10-16/h4-6,9-10,15H,1-3,7-8,11-14H2,(H,23,26). The number of aromatic nitrogens is 1. The van der Waals surface area contributed by atoms with E-state index in [-0.39, 0.29) is 18.5 Å². The van der Waals surface area contributed by atoms with Crippen molar-refractivity contribution in [2.45, 2.75) is 63.5 Å². The number of benzene rings is 1. The first-order chi connectivity index (χ1) is 13.2. The molecule has 0 radical (unpaired) electrons. The fourth-order valence-corrected chi connectivity index (χ4v) is 4.92. The van der Waals surface area contributed by atoms with E-state index in [2.05, 4.69) is 22.4 Å². The fourth-order valence-electron chi connectivity index (χ4n) is 4.10. The molecule has 2 fully saturated rings. The molecule has 2 heterocycles. The Morgan fingerprint density at radius 3 is 2.48 bits per heavy atom. The first kappa shape index (κ1) is 18.2. The summed E-state index contributed by atoms with van der Waals surface area (Å²) in [6.45, 7) is 0.262. The van der Waals surface area contributed by atoms with Crippen molar-refractivity contribution in [3.8, 4) is 0 Å². The van der Waals surface area contributed by atoms with Gasteiger partial charge in [-0.25, -0.2) is 9.78 Å². The summed E-state index contributed by atoms with van der Waals surface area (Å²) in [6, 6.07) is 9.93. The van der Waals surface area contributed by atoms with Crippen molar-refractivity contribution < 1.29 is 9.59 Å². The van der Waals surface area contributed by atoms with Crippen molar-refractivity contribution in [2.24, 2.45) is 0 Å². The molecule has 1 saturated heterocycles. The minimum Gasteiger partial charge on any atom is -0.323 e. The zero-order valence-corrected chi connectivity index (χ0v) is 16.3. The molecule has 0 unspecified atom stereocenters. The summed E-state index contributed by atoms with van der Waals surface area (Å²) >= 11 is 1.58. The van der Waals surface area contributed by atoms with E-state index < -0.39 is 5.54 Å². The molecule has 1 aromatic heterocycles. The van der Waals surface area contributed by atoms with Crippen molar-refractivity contribution in [3.63, 3.8) is 0 Å². The number of nitrogens with zero attached hydrogens (tertiary/aromatic N) is 2. The molecule has 3 amide bonds. The maximum absolute atomic E-state index is 13.1. The highest BCUT2D eigenvalue weighted by molar-refractivity contribution is 7.09. The third-order valence-electron chi connectivity index (χ3n) is 5.57. The highest BCUT2D eigenvalue weighted by atomic mass is 32.1. The van der Waals surface area contributed by atoms with Crippen LogP contribution in [0.1, 0.15) is 61.2 Å². The molecule has 4 rings (SSSR count). The second kappa shape index (κ2) is 7.80. The number of amides is 3. The lowest BCUT2D eigenvalue weighted by Gasteiger charge is -2.28. The van der Waals surface area contributed by atoms with E-state index in [9.17, 15) is 9.59 Å². The van der Waals surface area contributed by atoms with Crippen LogP contribution in [0.15, 0.2) is 35.7 Å². The van der Waals surface area contributed by atoms with Crippen molar-refractivity contribution >= 4 is 23.3 Å². The Balaban J connectivity index is 1.45. The van der Waals surface area contributed by atoms with Crippen molar-refractivity contribution in [2.75, 3.05) is 0 Å². The van der Waals surface area contributed by atoms with Gasteiger partial charge in [-0.15, -0.1) is 11.3 Å². The van der Waals surface area contributed by atoms with Gasteiger partial charge in [-0.2, -0.15) is 0 Å². The van der Waals surface area contributed by atoms with E-state index in [1.165, 1.54) is 16.9 Å². The van der Waals surface area contributed by atoms with E-state index in [1.807, 2.05) is 23.6 Å². The van der Waals surface area contributed by atoms with Gasteiger partial charge in [0, 0.05) is 11.8 Å². The zero-order chi connectivity index (χ0) is 18.7. The van der Waals surface area contributed by atoms with Gasteiger partial charge in [-0.05, 0) is 18.4 Å². The van der Waals surface area contributed by atoms with Gasteiger partial charge in [-0.1, -0.05) is 62.4 Å². The maximum Gasteiger partial charge on any atom is 0.325 e. The zero-order valence-electron chi connectivity index (χ0n) is 15.4. The third kappa shape index (κ3) is 3.90. The Morgan fingerprint density at radius 1 is 1.04 bits per heavy atom. The Labute approximate surface area is 163 Å². The predicted octanol–water partition coefficient (Wildman–Crippen LogP) is 4.27. The summed E-state index contributed by atoms with van der Waals surface area (Å²) in [5, 5.41) is 5.98. The highest BCUT2D eigenvalue weighted by Gasteiger charge is 2.50. The van der Waals surface area contributed by atoms with Gasteiger partial charge in [0.15, 0.2) is 0 Å². The number of imide groups is 1. The van der Waals surface area contributed by atoms with Crippen LogP contribution in [0.5, 0.6) is 0 Å². The molecular weight excluding hydrogens is 358 g/mol. The van der Waals surface area contributed by atoms with Crippen molar-refractivity contribution in [3.05, 3.63) is 52.0 Å². The number of thiazole rings is 1. The molecule has 2 aliphatic rings. The molecule has 1 aliphatic heterocycles. The van der Waals surface area contributed by atoms with Crippen LogP contribution in [0, 0.1) is 0 Å². The van der Waals surface area contributed by atoms with E-state index in [0.717, 1.165) is 55.6 Å². The predicted molar refractivity (Wildman–Crippen MR) is 105 cm³/mol. The molecule has 1 N–H and O–H groups in total. The van der Waals surface area contributed by atoms with Crippen LogP contribution in [0.4, 0.5) is 4.79 Å². The number of hydrogen-bond donors (Lipinski definition) is 1. The lowest BCUT2D eigenvalue weighted by atomic mass is 9.84. The molecule has 1 aliphatic carbocycles. The molecule has 6 heteroatoms.